The SMILES string of the molecule is CCC1(OC(=O)COC(=O)C(C)(O)C(F)(F)F)C2CC3CC(C2)CC1C3. The van der Waals surface area contributed by atoms with Gasteiger partial charge in [-0.2, -0.15) is 13.2 Å². The topological polar surface area (TPSA) is 72.8 Å². The van der Waals surface area contributed by atoms with E-state index >= 15 is 0 Å². The van der Waals surface area contributed by atoms with Crippen LogP contribution in [0.3, 0.4) is 0 Å². The Labute approximate surface area is 150 Å². The van der Waals surface area contributed by atoms with Crippen molar-refractivity contribution in [3.63, 3.8) is 0 Å². The van der Waals surface area contributed by atoms with Gasteiger partial charge in [-0.25, -0.2) is 9.59 Å². The average Bonchev–Trinajstić information content (AvgIpc) is 2.54. The highest BCUT2D eigenvalue weighted by molar-refractivity contribution is 5.82. The third-order valence-electron chi connectivity index (χ3n) is 6.65. The van der Waals surface area contributed by atoms with Crippen LogP contribution in [0.15, 0.2) is 0 Å². The van der Waals surface area contributed by atoms with Gasteiger partial charge in [-0.1, -0.05) is 6.92 Å². The summed E-state index contributed by atoms with van der Waals surface area (Å²) in [5, 5.41) is 9.26. The molecule has 26 heavy (non-hydrogen) atoms. The smallest absolute Gasteiger partial charge is 0.427 e. The zero-order chi connectivity index (χ0) is 19.3. The van der Waals surface area contributed by atoms with Crippen molar-refractivity contribution >= 4 is 11.9 Å². The van der Waals surface area contributed by atoms with E-state index in [2.05, 4.69) is 4.74 Å². The molecule has 4 aliphatic rings. The van der Waals surface area contributed by atoms with E-state index in [4.69, 9.17) is 4.74 Å². The lowest BCUT2D eigenvalue weighted by molar-refractivity contribution is -0.257. The van der Waals surface area contributed by atoms with Gasteiger partial charge in [-0.15, -0.1) is 0 Å². The molecule has 0 aromatic rings. The number of aliphatic hydroxyl groups is 1. The second-order valence-corrected chi connectivity index (χ2v) is 8.23. The van der Waals surface area contributed by atoms with Crippen molar-refractivity contribution in [1.29, 1.82) is 0 Å². The van der Waals surface area contributed by atoms with Crippen molar-refractivity contribution in [3.8, 4) is 0 Å². The Bertz CT molecular complexity index is 556. The van der Waals surface area contributed by atoms with Crippen LogP contribution >= 0.6 is 0 Å². The van der Waals surface area contributed by atoms with Crippen molar-refractivity contribution < 1.29 is 37.3 Å². The lowest BCUT2D eigenvalue weighted by Crippen LogP contribution is -2.59. The van der Waals surface area contributed by atoms with E-state index in [0.717, 1.165) is 25.7 Å². The molecule has 0 radical (unpaired) electrons. The summed E-state index contributed by atoms with van der Waals surface area (Å²) < 4.78 is 48.0. The minimum absolute atomic E-state index is 0.265. The van der Waals surface area contributed by atoms with Gasteiger partial charge in [-0.05, 0) is 69.1 Å². The molecule has 4 bridgehead atoms. The number of hydrogen-bond donors (Lipinski definition) is 1. The minimum Gasteiger partial charge on any atom is -0.456 e. The maximum atomic E-state index is 12.6. The Kier molecular flexibility index (Phi) is 4.78. The highest BCUT2D eigenvalue weighted by Crippen LogP contribution is 2.60. The molecule has 1 N–H and O–H groups in total. The Balaban J connectivity index is 1.62. The Morgan fingerprint density at radius 2 is 1.58 bits per heavy atom. The first-order chi connectivity index (χ1) is 12.0. The average molecular weight is 378 g/mol. The van der Waals surface area contributed by atoms with Crippen molar-refractivity contribution in [3.05, 3.63) is 0 Å². The summed E-state index contributed by atoms with van der Waals surface area (Å²) in [7, 11) is 0. The third kappa shape index (κ3) is 3.10. The molecule has 0 amide bonds. The van der Waals surface area contributed by atoms with Crippen molar-refractivity contribution in [2.75, 3.05) is 6.61 Å². The summed E-state index contributed by atoms with van der Waals surface area (Å²) >= 11 is 0. The van der Waals surface area contributed by atoms with Gasteiger partial charge in [0.1, 0.15) is 5.60 Å². The van der Waals surface area contributed by atoms with Gasteiger partial charge in [0.15, 0.2) is 6.61 Å². The number of hydrogen-bond acceptors (Lipinski definition) is 5. The first kappa shape index (κ1) is 19.5. The molecule has 4 fully saturated rings. The van der Waals surface area contributed by atoms with E-state index in [0.29, 0.717) is 25.2 Å². The normalized spacial score (nSPS) is 37.9. The number of carbonyl (C=O) groups excluding carboxylic acids is 2. The fourth-order valence-electron chi connectivity index (χ4n) is 5.42. The standard InChI is InChI=1S/C18H25F3O5/c1-3-17(12-5-10-4-11(7-12)8-13(17)6-10)26-14(22)9-25-15(23)16(2,24)18(19,20)21/h10-13,24H,3-9H2,1-2H3. The van der Waals surface area contributed by atoms with Crippen LogP contribution in [0.25, 0.3) is 0 Å². The summed E-state index contributed by atoms with van der Waals surface area (Å²) in [6.45, 7) is 1.32. The maximum Gasteiger partial charge on any atom is 0.427 e. The largest absolute Gasteiger partial charge is 0.456 e. The Hall–Kier alpha value is -1.31. The maximum absolute atomic E-state index is 12.6. The summed E-state index contributed by atoms with van der Waals surface area (Å²) in [4.78, 5) is 23.7. The van der Waals surface area contributed by atoms with Gasteiger partial charge in [0.2, 0.25) is 0 Å². The third-order valence-corrected chi connectivity index (χ3v) is 6.65. The monoisotopic (exact) mass is 378 g/mol. The van der Waals surface area contributed by atoms with Gasteiger partial charge in [-0.3, -0.25) is 0 Å². The molecule has 0 aromatic heterocycles. The molecule has 4 rings (SSSR count). The van der Waals surface area contributed by atoms with E-state index in [1.54, 1.807) is 0 Å². The molecule has 1 unspecified atom stereocenters. The molecule has 5 nitrogen and oxygen atoms in total. The second kappa shape index (κ2) is 6.39. The molecular formula is C18H25F3O5. The highest BCUT2D eigenvalue weighted by Gasteiger charge is 2.59. The molecule has 0 heterocycles. The number of esters is 2. The molecule has 0 aliphatic heterocycles. The Morgan fingerprint density at radius 1 is 1.08 bits per heavy atom. The molecule has 4 aliphatic carbocycles. The van der Waals surface area contributed by atoms with Crippen LogP contribution in [0, 0.1) is 23.7 Å². The van der Waals surface area contributed by atoms with Gasteiger partial charge >= 0.3 is 18.1 Å². The van der Waals surface area contributed by atoms with Gasteiger partial charge in [0.05, 0.1) is 0 Å². The quantitative estimate of drug-likeness (QED) is 0.745. The zero-order valence-electron chi connectivity index (χ0n) is 15.0. The van der Waals surface area contributed by atoms with Gasteiger partial charge in [0.25, 0.3) is 5.60 Å². The zero-order valence-corrected chi connectivity index (χ0v) is 15.0. The van der Waals surface area contributed by atoms with Crippen molar-refractivity contribution in [1.82, 2.24) is 0 Å². The first-order valence-corrected chi connectivity index (χ1v) is 9.17. The van der Waals surface area contributed by atoms with Crippen molar-refractivity contribution in [2.24, 2.45) is 23.7 Å². The van der Waals surface area contributed by atoms with Crippen LogP contribution in [0.4, 0.5) is 13.2 Å². The van der Waals surface area contributed by atoms with Gasteiger partial charge in [0, 0.05) is 0 Å². The molecule has 0 spiro atoms. The summed E-state index contributed by atoms with van der Waals surface area (Å²) in [5.41, 5.74) is -4.26. The predicted molar refractivity (Wildman–Crippen MR) is 83.8 cm³/mol. The van der Waals surface area contributed by atoms with E-state index in [1.807, 2.05) is 6.92 Å². The number of halogens is 3. The molecule has 0 saturated heterocycles. The molecule has 4 saturated carbocycles. The fourth-order valence-corrected chi connectivity index (χ4v) is 5.42. The van der Waals surface area contributed by atoms with Crippen LogP contribution in [0.2, 0.25) is 0 Å². The second-order valence-electron chi connectivity index (χ2n) is 8.23. The number of alkyl halides is 3. The first-order valence-electron chi connectivity index (χ1n) is 9.17. The van der Waals surface area contributed by atoms with Crippen LogP contribution < -0.4 is 0 Å². The minimum atomic E-state index is -5.18. The fraction of sp³-hybridized carbons (Fsp3) is 0.889. The van der Waals surface area contributed by atoms with Gasteiger partial charge < -0.3 is 14.6 Å². The Morgan fingerprint density at radius 3 is 2.00 bits per heavy atom. The van der Waals surface area contributed by atoms with Crippen molar-refractivity contribution in [2.45, 2.75) is 69.8 Å². The van der Waals surface area contributed by atoms with Crippen LogP contribution in [0.1, 0.15) is 52.4 Å². The van der Waals surface area contributed by atoms with E-state index in [-0.39, 0.29) is 11.8 Å². The number of carbonyl (C=O) groups is 2. The highest BCUT2D eigenvalue weighted by atomic mass is 19.4. The van der Waals surface area contributed by atoms with Crippen LogP contribution in [0.5, 0.6) is 0 Å². The molecule has 148 valence electrons. The summed E-state index contributed by atoms with van der Waals surface area (Å²) in [6, 6.07) is 0. The molecule has 0 aromatic carbocycles. The summed E-state index contributed by atoms with van der Waals surface area (Å²) in [6.07, 6.45) is 0.743. The molecule has 1 atom stereocenters. The summed E-state index contributed by atoms with van der Waals surface area (Å²) in [5.74, 6) is -0.877. The lowest BCUT2D eigenvalue weighted by atomic mass is 9.49. The van der Waals surface area contributed by atoms with Crippen LogP contribution in [-0.4, -0.2) is 41.0 Å². The predicted octanol–water partition coefficient (Wildman–Crippen LogP) is 2.99. The molecular weight excluding hydrogens is 353 g/mol. The number of rotatable bonds is 5. The number of ether oxygens (including phenoxy) is 2. The lowest BCUT2D eigenvalue weighted by Gasteiger charge is -2.60. The van der Waals surface area contributed by atoms with E-state index in [1.165, 1.54) is 6.42 Å². The van der Waals surface area contributed by atoms with E-state index < -0.39 is 35.9 Å². The van der Waals surface area contributed by atoms with E-state index in [9.17, 15) is 27.9 Å². The molecule has 8 heteroatoms. The van der Waals surface area contributed by atoms with Crippen LogP contribution in [-0.2, 0) is 19.1 Å².